The van der Waals surface area contributed by atoms with Gasteiger partial charge >= 0.3 is 0 Å². The van der Waals surface area contributed by atoms with Gasteiger partial charge in [0.05, 0.1) is 13.2 Å². The van der Waals surface area contributed by atoms with Crippen LogP contribution >= 0.6 is 0 Å². The van der Waals surface area contributed by atoms with Gasteiger partial charge in [-0.1, -0.05) is 6.92 Å². The lowest BCUT2D eigenvalue weighted by molar-refractivity contribution is -0.0234. The van der Waals surface area contributed by atoms with Crippen LogP contribution in [-0.2, 0) is 4.74 Å². The van der Waals surface area contributed by atoms with Crippen molar-refractivity contribution in [3.8, 4) is 0 Å². The predicted octanol–water partition coefficient (Wildman–Crippen LogP) is 0.478. The van der Waals surface area contributed by atoms with Crippen molar-refractivity contribution in [2.45, 2.75) is 31.8 Å². The Morgan fingerprint density at radius 1 is 1.38 bits per heavy atom. The molecule has 0 aromatic rings. The average Bonchev–Trinajstić information content (AvgIpc) is 2.41. The van der Waals surface area contributed by atoms with Crippen LogP contribution in [0.3, 0.4) is 0 Å². The number of hydrogen-bond donors (Lipinski definition) is 1. The van der Waals surface area contributed by atoms with Crippen LogP contribution in [0.25, 0.3) is 0 Å². The molecule has 0 amide bonds. The lowest BCUT2D eigenvalue weighted by Gasteiger charge is -2.35. The Hall–Kier alpha value is -0.120. The molecule has 0 aliphatic carbocycles. The first-order valence-electron chi connectivity index (χ1n) is 5.25. The first-order valence-corrected chi connectivity index (χ1v) is 5.25. The zero-order chi connectivity index (χ0) is 9.26. The Morgan fingerprint density at radius 2 is 2.00 bits per heavy atom. The summed E-state index contributed by atoms with van der Waals surface area (Å²) in [7, 11) is 0. The summed E-state index contributed by atoms with van der Waals surface area (Å²) in [4.78, 5) is 2.53. The second-order valence-corrected chi connectivity index (χ2v) is 4.41. The normalized spacial score (nSPS) is 36.5. The minimum atomic E-state index is 0.302. The van der Waals surface area contributed by atoms with E-state index in [1.165, 1.54) is 12.8 Å². The van der Waals surface area contributed by atoms with E-state index in [4.69, 9.17) is 9.84 Å². The average molecular weight is 185 g/mol. The van der Waals surface area contributed by atoms with Gasteiger partial charge in [0.15, 0.2) is 0 Å². The van der Waals surface area contributed by atoms with Crippen molar-refractivity contribution < 1.29 is 9.84 Å². The fraction of sp³-hybridized carbons (Fsp3) is 1.00. The zero-order valence-electron chi connectivity index (χ0n) is 8.28. The Morgan fingerprint density at radius 3 is 2.54 bits per heavy atom. The van der Waals surface area contributed by atoms with E-state index in [1.54, 1.807) is 0 Å². The molecule has 2 heterocycles. The lowest BCUT2D eigenvalue weighted by atomic mass is 10.1. The maximum Gasteiger partial charge on any atom is 0.0622 e. The van der Waals surface area contributed by atoms with Crippen molar-refractivity contribution in [2.24, 2.45) is 5.92 Å². The molecule has 2 saturated heterocycles. The molecular weight excluding hydrogens is 166 g/mol. The third-order valence-electron chi connectivity index (χ3n) is 3.23. The molecular formula is C10H19NO2. The van der Waals surface area contributed by atoms with Crippen LogP contribution in [0.1, 0.15) is 19.8 Å². The molecule has 0 radical (unpaired) electrons. The highest BCUT2D eigenvalue weighted by Crippen LogP contribution is 2.29. The summed E-state index contributed by atoms with van der Waals surface area (Å²) in [6.45, 7) is 5.24. The molecule has 76 valence electrons. The summed E-state index contributed by atoms with van der Waals surface area (Å²) >= 11 is 0. The summed E-state index contributed by atoms with van der Waals surface area (Å²) in [6.07, 6.45) is 2.56. The molecule has 0 spiro atoms. The quantitative estimate of drug-likeness (QED) is 0.694. The van der Waals surface area contributed by atoms with Gasteiger partial charge in [-0.25, -0.2) is 0 Å². The SMILES string of the molecule is CC(CO)CN1C2CCC1COC2. The molecule has 2 aliphatic heterocycles. The van der Waals surface area contributed by atoms with Gasteiger partial charge in [0.1, 0.15) is 0 Å². The van der Waals surface area contributed by atoms with Crippen molar-refractivity contribution in [2.75, 3.05) is 26.4 Å². The summed E-state index contributed by atoms with van der Waals surface area (Å²) in [6, 6.07) is 1.26. The van der Waals surface area contributed by atoms with Crippen LogP contribution in [0.2, 0.25) is 0 Å². The summed E-state index contributed by atoms with van der Waals surface area (Å²) < 4.78 is 5.50. The summed E-state index contributed by atoms with van der Waals surface area (Å²) in [5.74, 6) is 0.404. The Kier molecular flexibility index (Phi) is 2.86. The molecule has 3 atom stereocenters. The molecule has 1 N–H and O–H groups in total. The van der Waals surface area contributed by atoms with Crippen LogP contribution in [0.5, 0.6) is 0 Å². The molecule has 0 aromatic carbocycles. The molecule has 0 saturated carbocycles. The highest BCUT2D eigenvalue weighted by Gasteiger charge is 2.37. The molecule has 3 heteroatoms. The van der Waals surface area contributed by atoms with E-state index in [-0.39, 0.29) is 0 Å². The van der Waals surface area contributed by atoms with Gasteiger partial charge in [0.2, 0.25) is 0 Å². The first-order chi connectivity index (χ1) is 6.31. The molecule has 2 rings (SSSR count). The summed E-state index contributed by atoms with van der Waals surface area (Å²) in [5.41, 5.74) is 0. The monoisotopic (exact) mass is 185 g/mol. The molecule has 3 unspecified atom stereocenters. The van der Waals surface area contributed by atoms with Crippen LogP contribution in [0, 0.1) is 5.92 Å². The predicted molar refractivity (Wildman–Crippen MR) is 50.6 cm³/mol. The number of fused-ring (bicyclic) bond motifs is 2. The van der Waals surface area contributed by atoms with Crippen molar-refractivity contribution in [1.29, 1.82) is 0 Å². The second kappa shape index (κ2) is 3.95. The van der Waals surface area contributed by atoms with Gasteiger partial charge in [-0.2, -0.15) is 0 Å². The van der Waals surface area contributed by atoms with Gasteiger partial charge in [0.25, 0.3) is 0 Å². The Bertz CT molecular complexity index is 158. The van der Waals surface area contributed by atoms with E-state index in [0.717, 1.165) is 19.8 Å². The zero-order valence-corrected chi connectivity index (χ0v) is 8.28. The van der Waals surface area contributed by atoms with E-state index < -0.39 is 0 Å². The minimum Gasteiger partial charge on any atom is -0.396 e. The van der Waals surface area contributed by atoms with E-state index in [0.29, 0.717) is 24.6 Å². The van der Waals surface area contributed by atoms with Gasteiger partial charge in [0, 0.05) is 25.2 Å². The second-order valence-electron chi connectivity index (χ2n) is 4.41. The number of aliphatic hydroxyl groups is 1. The van der Waals surface area contributed by atoms with E-state index >= 15 is 0 Å². The number of nitrogens with zero attached hydrogens (tertiary/aromatic N) is 1. The number of rotatable bonds is 3. The van der Waals surface area contributed by atoms with E-state index in [1.807, 2.05) is 0 Å². The summed E-state index contributed by atoms with van der Waals surface area (Å²) in [5, 5.41) is 9.00. The molecule has 0 aromatic heterocycles. The highest BCUT2D eigenvalue weighted by molar-refractivity contribution is 4.91. The number of aliphatic hydroxyl groups excluding tert-OH is 1. The van der Waals surface area contributed by atoms with Crippen molar-refractivity contribution in [3.05, 3.63) is 0 Å². The fourth-order valence-corrected chi connectivity index (χ4v) is 2.43. The number of morpholine rings is 1. The standard InChI is InChI=1S/C10H19NO2/c1-8(5-12)4-11-9-2-3-10(11)7-13-6-9/h8-10,12H,2-7H2,1H3. The maximum atomic E-state index is 9.00. The van der Waals surface area contributed by atoms with Crippen LogP contribution < -0.4 is 0 Å². The largest absolute Gasteiger partial charge is 0.396 e. The first kappa shape index (κ1) is 9.44. The minimum absolute atomic E-state index is 0.302. The van der Waals surface area contributed by atoms with Crippen molar-refractivity contribution in [3.63, 3.8) is 0 Å². The van der Waals surface area contributed by atoms with Crippen LogP contribution in [0.15, 0.2) is 0 Å². The fourth-order valence-electron chi connectivity index (χ4n) is 2.43. The molecule has 2 fully saturated rings. The number of hydrogen-bond acceptors (Lipinski definition) is 3. The lowest BCUT2D eigenvalue weighted by Crippen LogP contribution is -2.47. The van der Waals surface area contributed by atoms with E-state index in [2.05, 4.69) is 11.8 Å². The molecule has 3 nitrogen and oxygen atoms in total. The highest BCUT2D eigenvalue weighted by atomic mass is 16.5. The van der Waals surface area contributed by atoms with Crippen LogP contribution in [0.4, 0.5) is 0 Å². The van der Waals surface area contributed by atoms with Gasteiger partial charge in [-0.15, -0.1) is 0 Å². The maximum absolute atomic E-state index is 9.00. The van der Waals surface area contributed by atoms with Crippen LogP contribution in [-0.4, -0.2) is 48.5 Å². The smallest absolute Gasteiger partial charge is 0.0622 e. The van der Waals surface area contributed by atoms with Crippen molar-refractivity contribution in [1.82, 2.24) is 4.90 Å². The van der Waals surface area contributed by atoms with Gasteiger partial charge < -0.3 is 9.84 Å². The van der Waals surface area contributed by atoms with Gasteiger partial charge in [-0.3, -0.25) is 4.90 Å². The molecule has 2 bridgehead atoms. The molecule has 13 heavy (non-hydrogen) atoms. The van der Waals surface area contributed by atoms with Crippen molar-refractivity contribution >= 4 is 0 Å². The van der Waals surface area contributed by atoms with E-state index in [9.17, 15) is 0 Å². The molecule has 2 aliphatic rings. The van der Waals surface area contributed by atoms with Gasteiger partial charge in [-0.05, 0) is 18.8 Å². The third-order valence-corrected chi connectivity index (χ3v) is 3.23. The Balaban J connectivity index is 1.91. The topological polar surface area (TPSA) is 32.7 Å². The number of ether oxygens (including phenoxy) is 1. The third kappa shape index (κ3) is 1.87. The Labute approximate surface area is 79.7 Å².